The molecule has 1 aliphatic heterocycles. The van der Waals surface area contributed by atoms with Gasteiger partial charge in [0.2, 0.25) is 0 Å². The van der Waals surface area contributed by atoms with E-state index in [1.54, 1.807) is 38.0 Å². The van der Waals surface area contributed by atoms with Gasteiger partial charge < -0.3 is 23.9 Å². The van der Waals surface area contributed by atoms with Crippen molar-refractivity contribution in [3.63, 3.8) is 0 Å². The van der Waals surface area contributed by atoms with Gasteiger partial charge in [0.15, 0.2) is 23.1 Å². The lowest BCUT2D eigenvalue weighted by Gasteiger charge is -2.27. The quantitative estimate of drug-likeness (QED) is 0.487. The predicted octanol–water partition coefficient (Wildman–Crippen LogP) is 3.30. The maximum absolute atomic E-state index is 13.8. The smallest absolute Gasteiger partial charge is 0.165 e. The van der Waals surface area contributed by atoms with Crippen molar-refractivity contribution >= 4 is 0 Å². The van der Waals surface area contributed by atoms with Crippen molar-refractivity contribution in [3.8, 4) is 17.2 Å². The average molecular weight is 471 g/mol. The van der Waals surface area contributed by atoms with E-state index in [-0.39, 0.29) is 12.4 Å². The number of ether oxygens (including phenoxy) is 3. The maximum atomic E-state index is 13.8. The Morgan fingerprint density at radius 3 is 2.62 bits per heavy atom. The molecule has 0 spiro atoms. The van der Waals surface area contributed by atoms with Crippen LogP contribution in [0.5, 0.6) is 17.2 Å². The Hall–Kier alpha value is -3.17. The van der Waals surface area contributed by atoms with Crippen LogP contribution in [0.25, 0.3) is 0 Å². The summed E-state index contributed by atoms with van der Waals surface area (Å²) in [4.78, 5) is 2.31. The van der Waals surface area contributed by atoms with E-state index in [1.807, 2.05) is 22.8 Å². The van der Waals surface area contributed by atoms with E-state index in [1.165, 1.54) is 6.07 Å². The molecule has 182 valence electrons. The van der Waals surface area contributed by atoms with Gasteiger partial charge in [-0.3, -0.25) is 4.90 Å². The van der Waals surface area contributed by atoms with Gasteiger partial charge in [-0.1, -0.05) is 18.2 Å². The minimum atomic E-state index is -0.975. The summed E-state index contributed by atoms with van der Waals surface area (Å²) >= 11 is 0. The number of aliphatic hydroxyl groups is 1. The van der Waals surface area contributed by atoms with Gasteiger partial charge >= 0.3 is 0 Å². The number of halogens is 1. The largest absolute Gasteiger partial charge is 0.493 e. The fourth-order valence-corrected chi connectivity index (χ4v) is 4.10. The summed E-state index contributed by atoms with van der Waals surface area (Å²) in [6.45, 7) is 3.53. The van der Waals surface area contributed by atoms with Gasteiger partial charge in [0.1, 0.15) is 25.9 Å². The first-order valence-electron chi connectivity index (χ1n) is 11.5. The highest BCUT2D eigenvalue weighted by Crippen LogP contribution is 2.30. The zero-order valence-corrected chi connectivity index (χ0v) is 19.4. The molecule has 0 bridgehead atoms. The Kier molecular flexibility index (Phi) is 7.97. The molecule has 1 unspecified atom stereocenters. The summed E-state index contributed by atoms with van der Waals surface area (Å²) in [6.07, 6.45) is 5.30. The van der Waals surface area contributed by atoms with Crippen molar-refractivity contribution in [2.45, 2.75) is 38.0 Å². The van der Waals surface area contributed by atoms with Crippen molar-refractivity contribution in [1.82, 2.24) is 19.7 Å². The number of hydrogen-bond donors (Lipinski definition) is 1. The highest BCUT2D eigenvalue weighted by atomic mass is 19.1. The lowest BCUT2D eigenvalue weighted by Crippen LogP contribution is -2.37. The van der Waals surface area contributed by atoms with Gasteiger partial charge in [0, 0.05) is 13.1 Å². The van der Waals surface area contributed by atoms with Crippen LogP contribution in [0.1, 0.15) is 24.8 Å². The van der Waals surface area contributed by atoms with Gasteiger partial charge in [-0.15, -0.1) is 10.2 Å². The van der Waals surface area contributed by atoms with E-state index in [0.717, 1.165) is 31.6 Å². The molecule has 1 fully saturated rings. The number of nitrogens with zero attached hydrogens (tertiary/aromatic N) is 4. The van der Waals surface area contributed by atoms with E-state index in [4.69, 9.17) is 14.2 Å². The second-order valence-electron chi connectivity index (χ2n) is 8.61. The Balaban J connectivity index is 1.29. The van der Waals surface area contributed by atoms with Crippen molar-refractivity contribution in [3.05, 3.63) is 66.5 Å². The van der Waals surface area contributed by atoms with Crippen molar-refractivity contribution < 1.29 is 23.7 Å². The number of aromatic nitrogens is 3. The number of hydrogen-bond acceptors (Lipinski definition) is 7. The Bertz CT molecular complexity index is 1050. The maximum Gasteiger partial charge on any atom is 0.165 e. The normalized spacial score (nSPS) is 18.9. The SMILES string of the molecule is COc1cc(CN2CCCC(O)(COc3ccccc3F)CC2)ccc1OCCn1cnnc1. The number of para-hydroxylation sites is 1. The minimum Gasteiger partial charge on any atom is -0.493 e. The Labute approximate surface area is 198 Å². The minimum absolute atomic E-state index is 0.0801. The first-order chi connectivity index (χ1) is 16.5. The van der Waals surface area contributed by atoms with Crippen LogP contribution in [0.2, 0.25) is 0 Å². The third-order valence-electron chi connectivity index (χ3n) is 6.05. The molecule has 2 aromatic carbocycles. The third kappa shape index (κ3) is 6.45. The molecule has 3 aromatic rings. The molecule has 34 heavy (non-hydrogen) atoms. The molecular weight excluding hydrogens is 439 g/mol. The van der Waals surface area contributed by atoms with Crippen LogP contribution in [-0.4, -0.2) is 63.8 Å². The molecule has 1 aromatic heterocycles. The van der Waals surface area contributed by atoms with Crippen LogP contribution in [0, 0.1) is 5.82 Å². The first-order valence-corrected chi connectivity index (χ1v) is 11.5. The topological polar surface area (TPSA) is 81.9 Å². The van der Waals surface area contributed by atoms with Crippen LogP contribution in [0.3, 0.4) is 0 Å². The standard InChI is InChI=1S/C25H31FN4O4/c1-32-24-15-20(7-8-23(24)33-14-13-30-18-27-28-19-30)16-29-11-4-9-25(31,10-12-29)17-34-22-6-3-2-5-21(22)26/h2-3,5-8,15,18-19,31H,4,9-14,16-17H2,1H3. The molecule has 0 radical (unpaired) electrons. The molecule has 1 atom stereocenters. The number of likely N-dealkylation sites (tertiary alicyclic amines) is 1. The van der Waals surface area contributed by atoms with E-state index in [9.17, 15) is 9.50 Å². The van der Waals surface area contributed by atoms with Crippen LogP contribution in [0.4, 0.5) is 4.39 Å². The number of methoxy groups -OCH3 is 1. The van der Waals surface area contributed by atoms with Crippen LogP contribution < -0.4 is 14.2 Å². The molecule has 2 heterocycles. The molecule has 1 aliphatic rings. The van der Waals surface area contributed by atoms with Crippen LogP contribution in [-0.2, 0) is 13.1 Å². The summed E-state index contributed by atoms with van der Waals surface area (Å²) in [5.74, 6) is 1.13. The number of benzene rings is 2. The Morgan fingerprint density at radius 1 is 1.00 bits per heavy atom. The zero-order valence-electron chi connectivity index (χ0n) is 19.4. The highest BCUT2D eigenvalue weighted by molar-refractivity contribution is 5.43. The lowest BCUT2D eigenvalue weighted by molar-refractivity contribution is -0.0177. The summed E-state index contributed by atoms with van der Waals surface area (Å²) in [6, 6.07) is 12.2. The predicted molar refractivity (Wildman–Crippen MR) is 124 cm³/mol. The number of rotatable bonds is 10. The molecule has 1 saturated heterocycles. The van der Waals surface area contributed by atoms with E-state index in [0.29, 0.717) is 37.5 Å². The molecule has 0 amide bonds. The fraction of sp³-hybridized carbons (Fsp3) is 0.440. The second kappa shape index (κ2) is 11.3. The molecule has 0 saturated carbocycles. The molecular formula is C25H31FN4O4. The van der Waals surface area contributed by atoms with Crippen LogP contribution >= 0.6 is 0 Å². The second-order valence-corrected chi connectivity index (χ2v) is 8.61. The Morgan fingerprint density at radius 2 is 1.82 bits per heavy atom. The van der Waals surface area contributed by atoms with Gasteiger partial charge in [-0.05, 0) is 55.6 Å². The van der Waals surface area contributed by atoms with Gasteiger partial charge in [-0.2, -0.15) is 0 Å². The molecule has 4 rings (SSSR count). The van der Waals surface area contributed by atoms with E-state index >= 15 is 0 Å². The van der Waals surface area contributed by atoms with E-state index < -0.39 is 11.4 Å². The van der Waals surface area contributed by atoms with Crippen molar-refractivity contribution in [1.29, 1.82) is 0 Å². The summed E-state index contributed by atoms with van der Waals surface area (Å²) in [7, 11) is 1.63. The molecule has 0 aliphatic carbocycles. The third-order valence-corrected chi connectivity index (χ3v) is 6.05. The van der Waals surface area contributed by atoms with Crippen molar-refractivity contribution in [2.24, 2.45) is 0 Å². The van der Waals surface area contributed by atoms with Crippen LogP contribution in [0.15, 0.2) is 55.1 Å². The monoisotopic (exact) mass is 470 g/mol. The summed E-state index contributed by atoms with van der Waals surface area (Å²) in [5, 5.41) is 18.6. The van der Waals surface area contributed by atoms with Crippen molar-refractivity contribution in [2.75, 3.05) is 33.4 Å². The van der Waals surface area contributed by atoms with Gasteiger partial charge in [-0.25, -0.2) is 4.39 Å². The summed E-state index contributed by atoms with van der Waals surface area (Å²) in [5.41, 5.74) is 0.132. The highest BCUT2D eigenvalue weighted by Gasteiger charge is 2.31. The van der Waals surface area contributed by atoms with E-state index in [2.05, 4.69) is 15.1 Å². The molecule has 1 N–H and O–H groups in total. The zero-order chi connectivity index (χ0) is 23.8. The van der Waals surface area contributed by atoms with Gasteiger partial charge in [0.25, 0.3) is 0 Å². The lowest BCUT2D eigenvalue weighted by atomic mass is 9.96. The first kappa shape index (κ1) is 24.0. The molecule has 9 heteroatoms. The van der Waals surface area contributed by atoms with Gasteiger partial charge in [0.05, 0.1) is 19.3 Å². The average Bonchev–Trinajstić information content (AvgIpc) is 3.29. The molecule has 8 nitrogen and oxygen atoms in total. The fourth-order valence-electron chi connectivity index (χ4n) is 4.10. The summed E-state index contributed by atoms with van der Waals surface area (Å²) < 4.78 is 32.7.